The molecule has 8 heteroatoms. The van der Waals surface area contributed by atoms with Crippen LogP contribution in [0, 0.1) is 0 Å². The molecule has 2 heterocycles. The zero-order valence-electron chi connectivity index (χ0n) is 11.3. The molecule has 2 N–H and O–H groups in total. The third-order valence-electron chi connectivity index (χ3n) is 3.27. The summed E-state index contributed by atoms with van der Waals surface area (Å²) >= 11 is 3.22. The Morgan fingerprint density at radius 2 is 2.15 bits per heavy atom. The van der Waals surface area contributed by atoms with E-state index in [1.807, 2.05) is 6.92 Å². The van der Waals surface area contributed by atoms with E-state index in [1.54, 1.807) is 0 Å². The van der Waals surface area contributed by atoms with Gasteiger partial charge < -0.3 is 10.5 Å². The Labute approximate surface area is 127 Å². The minimum atomic E-state index is -3.59. The van der Waals surface area contributed by atoms with E-state index in [0.29, 0.717) is 37.0 Å². The molecule has 0 amide bonds. The van der Waals surface area contributed by atoms with Crippen LogP contribution in [0.25, 0.3) is 0 Å². The number of ether oxygens (including phenoxy) is 1. The van der Waals surface area contributed by atoms with Crippen molar-refractivity contribution in [3.63, 3.8) is 0 Å². The predicted octanol–water partition coefficient (Wildman–Crippen LogP) is 1.62. The first-order valence-electron chi connectivity index (χ1n) is 6.48. The molecular weight excluding hydrogens is 346 g/mol. The van der Waals surface area contributed by atoms with E-state index in [2.05, 4.69) is 20.9 Å². The molecule has 0 atom stereocenters. The normalized spacial score (nSPS) is 18.3. The Morgan fingerprint density at radius 1 is 1.50 bits per heavy atom. The van der Waals surface area contributed by atoms with Gasteiger partial charge in [0.1, 0.15) is 10.7 Å². The van der Waals surface area contributed by atoms with Crippen LogP contribution in [-0.4, -0.2) is 43.5 Å². The first-order valence-corrected chi connectivity index (χ1v) is 8.71. The number of rotatable bonds is 4. The Kier molecular flexibility index (Phi) is 5.00. The van der Waals surface area contributed by atoms with E-state index < -0.39 is 10.0 Å². The van der Waals surface area contributed by atoms with E-state index in [-0.39, 0.29) is 16.8 Å². The molecule has 1 saturated heterocycles. The molecule has 0 aliphatic carbocycles. The van der Waals surface area contributed by atoms with Crippen LogP contribution in [0.15, 0.2) is 21.6 Å². The van der Waals surface area contributed by atoms with Gasteiger partial charge in [-0.3, -0.25) is 0 Å². The minimum absolute atomic E-state index is 0.0279. The van der Waals surface area contributed by atoms with Gasteiger partial charge in [-0.05, 0) is 41.8 Å². The number of piperidine rings is 1. The van der Waals surface area contributed by atoms with Gasteiger partial charge in [0.15, 0.2) is 0 Å². The second kappa shape index (κ2) is 6.38. The number of nitrogens with zero attached hydrogens (tertiary/aromatic N) is 2. The lowest BCUT2D eigenvalue weighted by Gasteiger charge is -2.31. The van der Waals surface area contributed by atoms with Crippen LogP contribution in [0.4, 0.5) is 5.82 Å². The molecule has 0 aromatic carbocycles. The van der Waals surface area contributed by atoms with E-state index in [0.717, 1.165) is 0 Å². The Hall–Kier alpha value is -0.700. The first kappa shape index (κ1) is 15.7. The molecule has 0 unspecified atom stereocenters. The minimum Gasteiger partial charge on any atom is -0.383 e. The maximum atomic E-state index is 12.6. The van der Waals surface area contributed by atoms with Crippen molar-refractivity contribution in [2.45, 2.75) is 30.8 Å². The Bertz CT molecular complexity index is 571. The fourth-order valence-electron chi connectivity index (χ4n) is 2.25. The topological polar surface area (TPSA) is 85.5 Å². The highest BCUT2D eigenvalue weighted by Gasteiger charge is 2.31. The van der Waals surface area contributed by atoms with Crippen LogP contribution in [0.3, 0.4) is 0 Å². The second-order valence-electron chi connectivity index (χ2n) is 4.60. The molecule has 0 bridgehead atoms. The predicted molar refractivity (Wildman–Crippen MR) is 79.8 cm³/mol. The lowest BCUT2D eigenvalue weighted by Crippen LogP contribution is -2.41. The van der Waals surface area contributed by atoms with Crippen LogP contribution in [0.5, 0.6) is 0 Å². The van der Waals surface area contributed by atoms with Crippen LogP contribution in [-0.2, 0) is 14.8 Å². The highest BCUT2D eigenvalue weighted by atomic mass is 79.9. The van der Waals surface area contributed by atoms with Crippen molar-refractivity contribution in [2.75, 3.05) is 25.4 Å². The van der Waals surface area contributed by atoms with Crippen LogP contribution < -0.4 is 5.73 Å². The van der Waals surface area contributed by atoms with Crippen molar-refractivity contribution >= 4 is 31.8 Å². The summed E-state index contributed by atoms with van der Waals surface area (Å²) in [5.41, 5.74) is 5.69. The number of pyridine rings is 1. The van der Waals surface area contributed by atoms with Gasteiger partial charge in [-0.25, -0.2) is 13.4 Å². The summed E-state index contributed by atoms with van der Waals surface area (Å²) < 4.78 is 32.7. The molecule has 6 nitrogen and oxygen atoms in total. The summed E-state index contributed by atoms with van der Waals surface area (Å²) in [4.78, 5) is 3.94. The summed E-state index contributed by atoms with van der Waals surface area (Å²) in [6, 6.07) is 1.49. The zero-order valence-corrected chi connectivity index (χ0v) is 13.7. The van der Waals surface area contributed by atoms with Gasteiger partial charge in [-0.15, -0.1) is 0 Å². The fourth-order valence-corrected chi connectivity index (χ4v) is 4.30. The summed E-state index contributed by atoms with van der Waals surface area (Å²) in [6.45, 7) is 3.48. The van der Waals surface area contributed by atoms with Crippen molar-refractivity contribution < 1.29 is 13.2 Å². The third kappa shape index (κ3) is 3.30. The number of sulfonamides is 1. The molecule has 20 heavy (non-hydrogen) atoms. The second-order valence-corrected chi connectivity index (χ2v) is 7.42. The van der Waals surface area contributed by atoms with E-state index >= 15 is 0 Å². The average molecular weight is 364 g/mol. The summed E-state index contributed by atoms with van der Waals surface area (Å²) in [7, 11) is -3.59. The molecule has 0 radical (unpaired) electrons. The number of aromatic nitrogens is 1. The van der Waals surface area contributed by atoms with Crippen molar-refractivity contribution in [3.8, 4) is 0 Å². The smallest absolute Gasteiger partial charge is 0.246 e. The number of anilines is 1. The Balaban J connectivity index is 2.18. The maximum absolute atomic E-state index is 12.6. The van der Waals surface area contributed by atoms with Gasteiger partial charge >= 0.3 is 0 Å². The largest absolute Gasteiger partial charge is 0.383 e. The molecule has 1 aliphatic rings. The van der Waals surface area contributed by atoms with Gasteiger partial charge in [0.05, 0.1) is 6.10 Å². The number of nitrogens with two attached hydrogens (primary N) is 1. The maximum Gasteiger partial charge on any atom is 0.246 e. The van der Waals surface area contributed by atoms with Gasteiger partial charge in [0, 0.05) is 30.4 Å². The monoisotopic (exact) mass is 363 g/mol. The number of hydrogen-bond donors (Lipinski definition) is 1. The van der Waals surface area contributed by atoms with E-state index in [1.165, 1.54) is 16.6 Å². The molecule has 0 saturated carbocycles. The summed E-state index contributed by atoms with van der Waals surface area (Å²) in [6.07, 6.45) is 3.03. The molecule has 1 fully saturated rings. The summed E-state index contributed by atoms with van der Waals surface area (Å²) in [5.74, 6) is 0.0279. The fraction of sp³-hybridized carbons (Fsp3) is 0.583. The van der Waals surface area contributed by atoms with Crippen LogP contribution in [0.1, 0.15) is 19.8 Å². The molecular formula is C12H18BrN3O3S. The first-order chi connectivity index (χ1) is 9.45. The van der Waals surface area contributed by atoms with Crippen LogP contribution >= 0.6 is 15.9 Å². The highest BCUT2D eigenvalue weighted by molar-refractivity contribution is 9.10. The van der Waals surface area contributed by atoms with Crippen molar-refractivity contribution in [2.24, 2.45) is 0 Å². The van der Waals surface area contributed by atoms with E-state index in [9.17, 15) is 8.42 Å². The van der Waals surface area contributed by atoms with Gasteiger partial charge in [-0.1, -0.05) is 0 Å². The molecule has 1 aliphatic heterocycles. The van der Waals surface area contributed by atoms with Crippen molar-refractivity contribution in [1.82, 2.24) is 9.29 Å². The summed E-state index contributed by atoms with van der Waals surface area (Å²) in [5, 5.41) is 0. The molecule has 1 aromatic rings. The number of hydrogen-bond acceptors (Lipinski definition) is 5. The van der Waals surface area contributed by atoms with Gasteiger partial charge in [0.2, 0.25) is 10.0 Å². The quantitative estimate of drug-likeness (QED) is 0.878. The molecule has 1 aromatic heterocycles. The molecule has 0 spiro atoms. The molecule has 2 rings (SSSR count). The SMILES string of the molecule is CCOC1CCN(S(=O)(=O)c2cc(Br)cnc2N)CC1. The lowest BCUT2D eigenvalue weighted by molar-refractivity contribution is 0.0290. The molecule has 112 valence electrons. The van der Waals surface area contributed by atoms with Crippen LogP contribution in [0.2, 0.25) is 0 Å². The van der Waals surface area contributed by atoms with E-state index in [4.69, 9.17) is 10.5 Å². The zero-order chi connectivity index (χ0) is 14.8. The Morgan fingerprint density at radius 3 is 2.75 bits per heavy atom. The van der Waals surface area contributed by atoms with Gasteiger partial charge in [0.25, 0.3) is 0 Å². The van der Waals surface area contributed by atoms with Crippen molar-refractivity contribution in [1.29, 1.82) is 0 Å². The standard InChI is InChI=1S/C12H18BrN3O3S/c1-2-19-10-3-5-16(6-4-10)20(17,18)11-7-9(13)8-15-12(11)14/h7-8,10H,2-6H2,1H3,(H2,14,15). The van der Waals surface area contributed by atoms with Crippen molar-refractivity contribution in [3.05, 3.63) is 16.7 Å². The number of halogens is 1. The number of nitrogen functional groups attached to an aromatic ring is 1. The van der Waals surface area contributed by atoms with Gasteiger partial charge in [-0.2, -0.15) is 4.31 Å². The highest BCUT2D eigenvalue weighted by Crippen LogP contribution is 2.26. The third-order valence-corrected chi connectivity index (χ3v) is 5.63. The lowest BCUT2D eigenvalue weighted by atomic mass is 10.1. The average Bonchev–Trinajstić information content (AvgIpc) is 2.42.